The molecule has 0 fully saturated rings. The Bertz CT molecular complexity index is 562. The number of halogens is 2. The van der Waals surface area contributed by atoms with Crippen LogP contribution in [0.1, 0.15) is 38.7 Å². The molecule has 2 N–H and O–H groups in total. The van der Waals surface area contributed by atoms with Crippen LogP contribution in [0.2, 0.25) is 0 Å². The zero-order valence-corrected chi connectivity index (χ0v) is 13.2. The Kier molecular flexibility index (Phi) is 7.21. The first-order chi connectivity index (χ1) is 9.94. The molecule has 1 aromatic carbocycles. The van der Waals surface area contributed by atoms with Gasteiger partial charge in [0.05, 0.1) is 0 Å². The average molecular weight is 320 g/mol. The average Bonchev–Trinajstić information content (AvgIpc) is 2.43. The van der Waals surface area contributed by atoms with Crippen LogP contribution < -0.4 is 10.0 Å². The van der Waals surface area contributed by atoms with E-state index in [4.69, 9.17) is 0 Å². The summed E-state index contributed by atoms with van der Waals surface area (Å²) in [5, 5.41) is 2.79. The molecule has 0 amide bonds. The number of benzene rings is 1. The Labute approximate surface area is 125 Å². The van der Waals surface area contributed by atoms with E-state index < -0.39 is 26.6 Å². The number of nitrogens with one attached hydrogen (secondary N) is 2. The minimum Gasteiger partial charge on any atom is -0.313 e. The first kappa shape index (κ1) is 18.0. The highest BCUT2D eigenvalue weighted by Gasteiger charge is 2.22. The van der Waals surface area contributed by atoms with E-state index in [9.17, 15) is 17.2 Å². The highest BCUT2D eigenvalue weighted by molar-refractivity contribution is 7.89. The van der Waals surface area contributed by atoms with Crippen LogP contribution in [0, 0.1) is 11.6 Å². The van der Waals surface area contributed by atoms with Crippen molar-refractivity contribution in [2.45, 2.75) is 44.6 Å². The van der Waals surface area contributed by atoms with E-state index in [1.165, 1.54) is 0 Å². The van der Waals surface area contributed by atoms with Crippen LogP contribution in [0.3, 0.4) is 0 Å². The molecule has 0 radical (unpaired) electrons. The van der Waals surface area contributed by atoms with Crippen LogP contribution in [0.5, 0.6) is 0 Å². The maximum atomic E-state index is 14.2. The zero-order valence-electron chi connectivity index (χ0n) is 12.4. The summed E-state index contributed by atoms with van der Waals surface area (Å²) in [6.45, 7) is 4.53. The Morgan fingerprint density at radius 2 is 1.86 bits per heavy atom. The van der Waals surface area contributed by atoms with Crippen molar-refractivity contribution in [1.82, 2.24) is 10.0 Å². The smallest absolute Gasteiger partial charge is 0.243 e. The molecule has 7 heteroatoms. The van der Waals surface area contributed by atoms with E-state index in [0.717, 1.165) is 25.0 Å². The van der Waals surface area contributed by atoms with Crippen molar-refractivity contribution in [2.24, 2.45) is 0 Å². The molecular formula is C14H22F2N2O2S. The highest BCUT2D eigenvalue weighted by Crippen LogP contribution is 2.21. The molecule has 0 aliphatic carbocycles. The van der Waals surface area contributed by atoms with Crippen LogP contribution >= 0.6 is 0 Å². The van der Waals surface area contributed by atoms with Gasteiger partial charge in [0.25, 0.3) is 0 Å². The van der Waals surface area contributed by atoms with Crippen molar-refractivity contribution in [3.05, 3.63) is 29.3 Å². The molecule has 4 nitrogen and oxygen atoms in total. The summed E-state index contributed by atoms with van der Waals surface area (Å²) in [5.74, 6) is -1.78. The van der Waals surface area contributed by atoms with Crippen molar-refractivity contribution in [3.63, 3.8) is 0 Å². The summed E-state index contributed by atoms with van der Waals surface area (Å²) in [6, 6.07) is 1.94. The Morgan fingerprint density at radius 1 is 1.14 bits per heavy atom. The van der Waals surface area contributed by atoms with Gasteiger partial charge < -0.3 is 5.32 Å². The zero-order chi connectivity index (χ0) is 15.9. The molecule has 0 aliphatic heterocycles. The minimum absolute atomic E-state index is 0.0483. The maximum absolute atomic E-state index is 14.2. The first-order valence-corrected chi connectivity index (χ1v) is 8.59. The summed E-state index contributed by atoms with van der Waals surface area (Å²) < 4.78 is 54.3. The second kappa shape index (κ2) is 8.41. The number of hydrogen-bond acceptors (Lipinski definition) is 3. The van der Waals surface area contributed by atoms with Gasteiger partial charge in [-0.2, -0.15) is 0 Å². The molecule has 0 saturated carbocycles. The number of unbranched alkanes of at least 4 members (excludes halogenated alkanes) is 2. The molecule has 1 aromatic rings. The fourth-order valence-corrected chi connectivity index (χ4v) is 3.03. The molecular weight excluding hydrogens is 298 g/mol. The van der Waals surface area contributed by atoms with Gasteiger partial charge in [0, 0.05) is 18.7 Å². The van der Waals surface area contributed by atoms with E-state index in [1.54, 1.807) is 6.92 Å². The summed E-state index contributed by atoms with van der Waals surface area (Å²) in [7, 11) is -3.96. The third-order valence-corrected chi connectivity index (χ3v) is 4.54. The summed E-state index contributed by atoms with van der Waals surface area (Å²) in [4.78, 5) is -0.506. The van der Waals surface area contributed by atoms with E-state index >= 15 is 0 Å². The monoisotopic (exact) mass is 320 g/mol. The molecule has 0 heterocycles. The Morgan fingerprint density at radius 3 is 2.48 bits per heavy atom. The molecule has 0 aromatic heterocycles. The van der Waals surface area contributed by atoms with Gasteiger partial charge in [-0.3, -0.25) is 0 Å². The van der Waals surface area contributed by atoms with Gasteiger partial charge in [-0.05, 0) is 25.1 Å². The van der Waals surface area contributed by atoms with Crippen LogP contribution in [-0.2, 0) is 16.6 Å². The molecule has 0 atom stereocenters. The van der Waals surface area contributed by atoms with Crippen molar-refractivity contribution < 1.29 is 17.2 Å². The van der Waals surface area contributed by atoms with Gasteiger partial charge in [-0.1, -0.05) is 26.7 Å². The quantitative estimate of drug-likeness (QED) is 0.688. The lowest BCUT2D eigenvalue weighted by molar-refractivity contribution is 0.513. The Balaban J connectivity index is 2.96. The Hall–Kier alpha value is -1.05. The molecule has 21 heavy (non-hydrogen) atoms. The highest BCUT2D eigenvalue weighted by atomic mass is 32.2. The van der Waals surface area contributed by atoms with Crippen LogP contribution in [0.25, 0.3) is 0 Å². The standard InChI is InChI=1S/C14H22F2N2O2S/c1-3-5-6-9-18-21(19,20)13-8-7-12(15)11(14(13)16)10-17-4-2/h7-8,17-18H,3-6,9-10H2,1-2H3. The van der Waals surface area contributed by atoms with Crippen molar-refractivity contribution >= 4 is 10.0 Å². The van der Waals surface area contributed by atoms with Gasteiger partial charge >= 0.3 is 0 Å². The lowest BCUT2D eigenvalue weighted by Crippen LogP contribution is -2.26. The van der Waals surface area contributed by atoms with E-state index in [-0.39, 0.29) is 18.7 Å². The fraction of sp³-hybridized carbons (Fsp3) is 0.571. The van der Waals surface area contributed by atoms with Gasteiger partial charge in [0.2, 0.25) is 10.0 Å². The minimum atomic E-state index is -3.96. The molecule has 0 bridgehead atoms. The lowest BCUT2D eigenvalue weighted by Gasteiger charge is -2.11. The van der Waals surface area contributed by atoms with E-state index in [1.807, 2.05) is 6.92 Å². The molecule has 0 saturated heterocycles. The molecule has 0 unspecified atom stereocenters. The number of rotatable bonds is 9. The van der Waals surface area contributed by atoms with Gasteiger partial charge in [-0.25, -0.2) is 21.9 Å². The summed E-state index contributed by atoms with van der Waals surface area (Å²) in [6.07, 6.45) is 2.53. The van der Waals surface area contributed by atoms with Crippen LogP contribution in [0.4, 0.5) is 8.78 Å². The number of hydrogen-bond donors (Lipinski definition) is 2. The number of sulfonamides is 1. The predicted octanol–water partition coefficient (Wildman–Crippen LogP) is 2.54. The van der Waals surface area contributed by atoms with Crippen LogP contribution in [0.15, 0.2) is 17.0 Å². The van der Waals surface area contributed by atoms with Crippen molar-refractivity contribution in [2.75, 3.05) is 13.1 Å². The van der Waals surface area contributed by atoms with Crippen molar-refractivity contribution in [1.29, 1.82) is 0 Å². The first-order valence-electron chi connectivity index (χ1n) is 7.11. The lowest BCUT2D eigenvalue weighted by atomic mass is 10.2. The van der Waals surface area contributed by atoms with Gasteiger partial charge in [-0.15, -0.1) is 0 Å². The molecule has 120 valence electrons. The largest absolute Gasteiger partial charge is 0.313 e. The maximum Gasteiger partial charge on any atom is 0.243 e. The normalized spacial score (nSPS) is 11.8. The van der Waals surface area contributed by atoms with Gasteiger partial charge in [0.1, 0.15) is 10.7 Å². The van der Waals surface area contributed by atoms with Crippen molar-refractivity contribution in [3.8, 4) is 0 Å². The summed E-state index contributed by atoms with van der Waals surface area (Å²) >= 11 is 0. The van der Waals surface area contributed by atoms with Crippen LogP contribution in [-0.4, -0.2) is 21.5 Å². The third kappa shape index (κ3) is 5.01. The summed E-state index contributed by atoms with van der Waals surface area (Å²) in [5.41, 5.74) is -0.256. The van der Waals surface area contributed by atoms with Gasteiger partial charge in [0.15, 0.2) is 5.82 Å². The molecule has 0 spiro atoms. The van der Waals surface area contributed by atoms with E-state index in [0.29, 0.717) is 13.0 Å². The third-order valence-electron chi connectivity index (χ3n) is 3.06. The predicted molar refractivity (Wildman–Crippen MR) is 78.5 cm³/mol. The SMILES string of the molecule is CCCCCNS(=O)(=O)c1ccc(F)c(CNCC)c1F. The second-order valence-corrected chi connectivity index (χ2v) is 6.46. The molecule has 0 aliphatic rings. The van der Waals surface area contributed by atoms with E-state index in [2.05, 4.69) is 10.0 Å². The fourth-order valence-electron chi connectivity index (χ4n) is 1.86. The molecule has 1 rings (SSSR count). The second-order valence-electron chi connectivity index (χ2n) is 4.72. The topological polar surface area (TPSA) is 58.2 Å².